The lowest BCUT2D eigenvalue weighted by molar-refractivity contribution is 0.640. The van der Waals surface area contributed by atoms with Gasteiger partial charge in [0.05, 0.1) is 17.6 Å². The van der Waals surface area contributed by atoms with Crippen molar-refractivity contribution in [3.05, 3.63) is 41.7 Å². The fourth-order valence-corrected chi connectivity index (χ4v) is 2.53. The number of aryl methyl sites for hydroxylation is 1. The number of anilines is 2. The summed E-state index contributed by atoms with van der Waals surface area (Å²) in [6.45, 7) is 9.39. The molecule has 1 heterocycles. The minimum Gasteiger partial charge on any atom is -0.332 e. The second kappa shape index (κ2) is 7.40. The smallest absolute Gasteiger partial charge is 0.175 e. The molecule has 2 N–H and O–H groups in total. The topological polar surface area (TPSA) is 41.9 Å². The predicted molar refractivity (Wildman–Crippen MR) is 97.6 cm³/mol. The van der Waals surface area contributed by atoms with Gasteiger partial charge in [0.2, 0.25) is 0 Å². The Kier molecular flexibility index (Phi) is 5.55. The van der Waals surface area contributed by atoms with Gasteiger partial charge in [-0.1, -0.05) is 26.0 Å². The number of hydrogen-bond acceptors (Lipinski definition) is 2. The van der Waals surface area contributed by atoms with Crippen molar-refractivity contribution >= 4 is 28.7 Å². The molecule has 1 aromatic carbocycles. The van der Waals surface area contributed by atoms with Crippen molar-refractivity contribution in [2.24, 2.45) is 0 Å². The molecule has 4 nitrogen and oxygen atoms in total. The summed E-state index contributed by atoms with van der Waals surface area (Å²) in [4.78, 5) is 0. The van der Waals surface area contributed by atoms with Gasteiger partial charge in [0.1, 0.15) is 0 Å². The Labute approximate surface area is 137 Å². The van der Waals surface area contributed by atoms with Gasteiger partial charge in [-0.15, -0.1) is 0 Å². The molecular weight excluding hydrogens is 292 g/mol. The lowest BCUT2D eigenvalue weighted by atomic mass is 9.99. The molecule has 0 aliphatic heterocycles. The molecule has 0 bridgehead atoms. The van der Waals surface area contributed by atoms with Gasteiger partial charge in [-0.3, -0.25) is 4.68 Å². The van der Waals surface area contributed by atoms with Crippen LogP contribution in [0.4, 0.5) is 11.4 Å². The third kappa shape index (κ3) is 3.85. The van der Waals surface area contributed by atoms with Gasteiger partial charge in [-0.2, -0.15) is 5.10 Å². The molecule has 1 atom stereocenters. The monoisotopic (exact) mass is 316 g/mol. The maximum absolute atomic E-state index is 5.37. The molecule has 0 spiro atoms. The van der Waals surface area contributed by atoms with E-state index in [0.717, 1.165) is 30.0 Å². The summed E-state index contributed by atoms with van der Waals surface area (Å²) in [5.74, 6) is 0.585. The summed E-state index contributed by atoms with van der Waals surface area (Å²) < 4.78 is 1.94. The fraction of sp³-hybridized carbons (Fsp3) is 0.412. The Bertz CT molecular complexity index is 631. The predicted octanol–water partition coefficient (Wildman–Crippen LogP) is 4.53. The van der Waals surface area contributed by atoms with E-state index < -0.39 is 0 Å². The van der Waals surface area contributed by atoms with Crippen molar-refractivity contribution < 1.29 is 0 Å². The Morgan fingerprint density at radius 2 is 1.91 bits per heavy atom. The number of nitrogens with one attached hydrogen (secondary N) is 2. The Morgan fingerprint density at radius 3 is 2.45 bits per heavy atom. The maximum atomic E-state index is 5.37. The van der Waals surface area contributed by atoms with Gasteiger partial charge in [0, 0.05) is 12.2 Å². The lowest BCUT2D eigenvalue weighted by Gasteiger charge is -2.12. The summed E-state index contributed by atoms with van der Waals surface area (Å²) in [7, 11) is 0. The standard InChI is InChI=1S/C17H24N4S/c1-5-12(3)14-7-9-15(10-8-14)19-17(22)20-16-11-18-21(6-2)13(16)4/h7-12H,5-6H2,1-4H3,(H2,19,20,22). The molecule has 0 aliphatic carbocycles. The first-order valence-electron chi connectivity index (χ1n) is 7.75. The first kappa shape index (κ1) is 16.5. The largest absolute Gasteiger partial charge is 0.332 e. The van der Waals surface area contributed by atoms with Crippen LogP contribution in [0.1, 0.15) is 44.4 Å². The van der Waals surface area contributed by atoms with Gasteiger partial charge < -0.3 is 10.6 Å². The van der Waals surface area contributed by atoms with Crippen LogP contribution in [-0.2, 0) is 6.54 Å². The number of benzene rings is 1. The molecule has 118 valence electrons. The first-order valence-corrected chi connectivity index (χ1v) is 8.16. The molecule has 0 aliphatic rings. The molecule has 1 unspecified atom stereocenters. The zero-order chi connectivity index (χ0) is 16.1. The molecule has 0 saturated heterocycles. The molecule has 2 aromatic rings. The first-order chi connectivity index (χ1) is 10.5. The molecule has 0 fully saturated rings. The normalized spacial score (nSPS) is 12.0. The molecule has 1 aromatic heterocycles. The van der Waals surface area contributed by atoms with Gasteiger partial charge in [0.15, 0.2) is 5.11 Å². The van der Waals surface area contributed by atoms with Crippen LogP contribution in [0.2, 0.25) is 0 Å². The van der Waals surface area contributed by atoms with E-state index in [2.05, 4.69) is 60.8 Å². The summed E-state index contributed by atoms with van der Waals surface area (Å²) >= 11 is 5.37. The average Bonchev–Trinajstić information content (AvgIpc) is 2.87. The molecule has 22 heavy (non-hydrogen) atoms. The molecule has 2 rings (SSSR count). The third-order valence-electron chi connectivity index (χ3n) is 4.00. The second-order valence-electron chi connectivity index (χ2n) is 5.47. The SMILES string of the molecule is CCC(C)c1ccc(NC(=S)Nc2cnn(CC)c2C)cc1. The van der Waals surface area contributed by atoms with Crippen LogP contribution < -0.4 is 10.6 Å². The van der Waals surface area contributed by atoms with E-state index in [1.807, 2.05) is 11.6 Å². The van der Waals surface area contributed by atoms with Crippen molar-refractivity contribution in [2.45, 2.75) is 46.6 Å². The fourth-order valence-electron chi connectivity index (χ4n) is 2.30. The third-order valence-corrected chi connectivity index (χ3v) is 4.20. The number of aromatic nitrogens is 2. The molecule has 0 amide bonds. The van der Waals surface area contributed by atoms with Crippen molar-refractivity contribution in [3.63, 3.8) is 0 Å². The van der Waals surface area contributed by atoms with Crippen molar-refractivity contribution in [2.75, 3.05) is 10.6 Å². The van der Waals surface area contributed by atoms with E-state index in [-0.39, 0.29) is 0 Å². The molecule has 5 heteroatoms. The number of thiocarbonyl (C=S) groups is 1. The Hall–Kier alpha value is -1.88. The zero-order valence-corrected chi connectivity index (χ0v) is 14.5. The summed E-state index contributed by atoms with van der Waals surface area (Å²) in [6, 6.07) is 8.44. The number of hydrogen-bond donors (Lipinski definition) is 2. The van der Waals surface area contributed by atoms with Crippen molar-refractivity contribution in [3.8, 4) is 0 Å². The van der Waals surface area contributed by atoms with E-state index in [9.17, 15) is 0 Å². The van der Waals surface area contributed by atoms with E-state index in [1.165, 1.54) is 5.56 Å². The maximum Gasteiger partial charge on any atom is 0.175 e. The highest BCUT2D eigenvalue weighted by atomic mass is 32.1. The summed E-state index contributed by atoms with van der Waals surface area (Å²) in [5, 5.41) is 11.3. The van der Waals surface area contributed by atoms with Crippen molar-refractivity contribution in [1.82, 2.24) is 9.78 Å². The minimum atomic E-state index is 0.579. The van der Waals surface area contributed by atoms with Crippen LogP contribution in [-0.4, -0.2) is 14.9 Å². The van der Waals surface area contributed by atoms with Crippen LogP contribution >= 0.6 is 12.2 Å². The van der Waals surface area contributed by atoms with Crippen molar-refractivity contribution in [1.29, 1.82) is 0 Å². The molecule has 0 radical (unpaired) electrons. The van der Waals surface area contributed by atoms with Gasteiger partial charge in [-0.25, -0.2) is 0 Å². The highest BCUT2D eigenvalue weighted by molar-refractivity contribution is 7.80. The Morgan fingerprint density at radius 1 is 1.23 bits per heavy atom. The van der Waals surface area contributed by atoms with E-state index in [0.29, 0.717) is 11.0 Å². The average molecular weight is 316 g/mol. The van der Waals surface area contributed by atoms with E-state index in [4.69, 9.17) is 12.2 Å². The van der Waals surface area contributed by atoms with Crippen LogP contribution in [0.15, 0.2) is 30.5 Å². The highest BCUT2D eigenvalue weighted by Crippen LogP contribution is 2.21. The quantitative estimate of drug-likeness (QED) is 0.795. The van der Waals surface area contributed by atoms with Crippen LogP contribution in [0.5, 0.6) is 0 Å². The van der Waals surface area contributed by atoms with Crippen LogP contribution in [0.3, 0.4) is 0 Å². The molecule has 0 saturated carbocycles. The highest BCUT2D eigenvalue weighted by Gasteiger charge is 2.07. The van der Waals surface area contributed by atoms with Gasteiger partial charge >= 0.3 is 0 Å². The summed E-state index contributed by atoms with van der Waals surface area (Å²) in [6.07, 6.45) is 2.95. The number of rotatable bonds is 5. The Balaban J connectivity index is 1.98. The van der Waals surface area contributed by atoms with E-state index >= 15 is 0 Å². The minimum absolute atomic E-state index is 0.579. The van der Waals surface area contributed by atoms with Crippen LogP contribution in [0.25, 0.3) is 0 Å². The van der Waals surface area contributed by atoms with E-state index in [1.54, 1.807) is 6.20 Å². The van der Waals surface area contributed by atoms with Gasteiger partial charge in [-0.05, 0) is 56.1 Å². The zero-order valence-electron chi connectivity index (χ0n) is 13.7. The second-order valence-corrected chi connectivity index (χ2v) is 5.88. The van der Waals surface area contributed by atoms with Gasteiger partial charge in [0.25, 0.3) is 0 Å². The number of nitrogens with zero attached hydrogens (tertiary/aromatic N) is 2. The summed E-state index contributed by atoms with van der Waals surface area (Å²) in [5.41, 5.74) is 4.37. The van der Waals surface area contributed by atoms with Crippen LogP contribution in [0, 0.1) is 6.92 Å². The molecular formula is C17H24N4S. The lowest BCUT2D eigenvalue weighted by Crippen LogP contribution is -2.19.